The molecule has 0 fully saturated rings. The Morgan fingerprint density at radius 2 is 2.08 bits per heavy atom. The van der Waals surface area contributed by atoms with Crippen LogP contribution in [-0.2, 0) is 17.9 Å². The molecule has 0 saturated carbocycles. The van der Waals surface area contributed by atoms with Crippen molar-refractivity contribution in [2.45, 2.75) is 13.2 Å². The van der Waals surface area contributed by atoms with E-state index < -0.39 is 5.91 Å². The summed E-state index contributed by atoms with van der Waals surface area (Å²) < 4.78 is 10.9. The number of carbonyl (C=O) groups is 1. The van der Waals surface area contributed by atoms with Crippen molar-refractivity contribution in [3.05, 3.63) is 58.1 Å². The summed E-state index contributed by atoms with van der Waals surface area (Å²) in [7, 11) is 0. The van der Waals surface area contributed by atoms with Crippen molar-refractivity contribution in [3.8, 4) is 17.1 Å². The van der Waals surface area contributed by atoms with Gasteiger partial charge in [0.1, 0.15) is 5.75 Å². The molecule has 3 aromatic rings. The third-order valence-electron chi connectivity index (χ3n) is 3.94. The highest BCUT2D eigenvalue weighted by atomic mass is 35.5. The number of aromatic nitrogens is 4. The second-order valence-corrected chi connectivity index (χ2v) is 6.19. The van der Waals surface area contributed by atoms with Gasteiger partial charge in [0.2, 0.25) is 11.7 Å². The lowest BCUT2D eigenvalue weighted by atomic mass is 10.1. The summed E-state index contributed by atoms with van der Waals surface area (Å²) in [4.78, 5) is 12.6. The minimum atomic E-state index is -0.483. The number of benzene rings is 2. The second-order valence-electron chi connectivity index (χ2n) is 5.75. The molecule has 1 aliphatic rings. The first-order valence-electron chi connectivity index (χ1n) is 7.80. The summed E-state index contributed by atoms with van der Waals surface area (Å²) in [5.74, 6) is 0.703. The highest BCUT2D eigenvalue weighted by Crippen LogP contribution is 2.32. The fraction of sp³-hybridized carbons (Fsp3) is 0.176. The van der Waals surface area contributed by atoms with Crippen molar-refractivity contribution >= 4 is 17.5 Å². The molecule has 26 heavy (non-hydrogen) atoms. The molecule has 9 heteroatoms. The lowest BCUT2D eigenvalue weighted by Crippen LogP contribution is -2.15. The molecule has 0 atom stereocenters. The molecule has 0 bridgehead atoms. The number of hydrogen-bond acceptors (Lipinski definition) is 6. The van der Waals surface area contributed by atoms with E-state index >= 15 is 0 Å². The van der Waals surface area contributed by atoms with Crippen molar-refractivity contribution in [3.63, 3.8) is 0 Å². The molecule has 2 N–H and O–H groups in total. The molecular formula is C17H14ClN5O3. The van der Waals surface area contributed by atoms with E-state index in [2.05, 4.69) is 15.4 Å². The zero-order chi connectivity index (χ0) is 18.1. The van der Waals surface area contributed by atoms with Crippen LogP contribution in [0.3, 0.4) is 0 Å². The average Bonchev–Trinajstić information content (AvgIpc) is 3.10. The average molecular weight is 372 g/mol. The van der Waals surface area contributed by atoms with Crippen LogP contribution in [0.15, 0.2) is 36.4 Å². The predicted octanol–water partition coefficient (Wildman–Crippen LogP) is 2.01. The summed E-state index contributed by atoms with van der Waals surface area (Å²) in [6.07, 6.45) is 0. The van der Waals surface area contributed by atoms with E-state index in [1.54, 1.807) is 24.3 Å². The van der Waals surface area contributed by atoms with Crippen LogP contribution in [0.1, 0.15) is 21.5 Å². The Labute approximate surface area is 153 Å². The number of primary amides is 1. The molecule has 1 aromatic heterocycles. The summed E-state index contributed by atoms with van der Waals surface area (Å²) in [6.45, 7) is 1.00. The van der Waals surface area contributed by atoms with Crippen molar-refractivity contribution in [2.24, 2.45) is 5.73 Å². The number of carbonyl (C=O) groups excluding carboxylic acids is 1. The SMILES string of the molecule is NC(=O)c1ccc(-c2nnn(Cc3cc(Cl)cc4c3OCOC4)n2)cc1. The van der Waals surface area contributed by atoms with Gasteiger partial charge in [-0.1, -0.05) is 23.7 Å². The number of rotatable bonds is 4. The fourth-order valence-corrected chi connectivity index (χ4v) is 3.00. The molecule has 132 valence electrons. The van der Waals surface area contributed by atoms with Crippen molar-refractivity contribution in [1.82, 2.24) is 20.2 Å². The Bertz CT molecular complexity index is 971. The lowest BCUT2D eigenvalue weighted by molar-refractivity contribution is -0.0171. The number of halogens is 1. The van der Waals surface area contributed by atoms with E-state index in [0.29, 0.717) is 29.6 Å². The van der Waals surface area contributed by atoms with Gasteiger partial charge in [-0.3, -0.25) is 4.79 Å². The molecule has 0 radical (unpaired) electrons. The minimum Gasteiger partial charge on any atom is -0.467 e. The van der Waals surface area contributed by atoms with Gasteiger partial charge >= 0.3 is 0 Å². The molecular weight excluding hydrogens is 358 g/mol. The number of amides is 1. The number of hydrogen-bond donors (Lipinski definition) is 1. The lowest BCUT2D eigenvalue weighted by Gasteiger charge is -2.20. The molecule has 8 nitrogen and oxygen atoms in total. The Morgan fingerprint density at radius 3 is 2.85 bits per heavy atom. The summed E-state index contributed by atoms with van der Waals surface area (Å²) in [5.41, 5.74) is 8.14. The molecule has 4 rings (SSSR count). The van der Waals surface area contributed by atoms with E-state index in [1.165, 1.54) is 4.80 Å². The molecule has 0 unspecified atom stereocenters. The number of nitrogens with zero attached hydrogens (tertiary/aromatic N) is 4. The number of ether oxygens (including phenoxy) is 2. The Morgan fingerprint density at radius 1 is 1.27 bits per heavy atom. The summed E-state index contributed by atoms with van der Waals surface area (Å²) >= 11 is 6.17. The van der Waals surface area contributed by atoms with Crippen LogP contribution >= 0.6 is 11.6 Å². The molecule has 0 saturated heterocycles. The Hall–Kier alpha value is -2.97. The zero-order valence-electron chi connectivity index (χ0n) is 13.6. The zero-order valence-corrected chi connectivity index (χ0v) is 14.3. The monoisotopic (exact) mass is 371 g/mol. The normalized spacial score (nSPS) is 13.1. The topological polar surface area (TPSA) is 105 Å². The van der Waals surface area contributed by atoms with Gasteiger partial charge in [0, 0.05) is 27.3 Å². The standard InChI is InChI=1S/C17H14ClN5O3/c18-14-5-12(15-13(6-14)8-25-9-26-15)7-23-21-17(20-22-23)11-3-1-10(2-4-11)16(19)24/h1-6H,7-9H2,(H2,19,24). The molecule has 1 aliphatic heterocycles. The Kier molecular flexibility index (Phi) is 4.27. The van der Waals surface area contributed by atoms with Crippen LogP contribution in [0.25, 0.3) is 11.4 Å². The van der Waals surface area contributed by atoms with Crippen molar-refractivity contribution < 1.29 is 14.3 Å². The van der Waals surface area contributed by atoms with E-state index in [9.17, 15) is 4.79 Å². The molecule has 2 aromatic carbocycles. The van der Waals surface area contributed by atoms with Gasteiger partial charge in [0.15, 0.2) is 6.79 Å². The largest absolute Gasteiger partial charge is 0.467 e. The van der Waals surface area contributed by atoms with Gasteiger partial charge < -0.3 is 15.2 Å². The van der Waals surface area contributed by atoms with Crippen LogP contribution in [0, 0.1) is 0 Å². The summed E-state index contributed by atoms with van der Waals surface area (Å²) in [5, 5.41) is 13.1. The van der Waals surface area contributed by atoms with Crippen LogP contribution in [0.4, 0.5) is 0 Å². The first-order valence-corrected chi connectivity index (χ1v) is 8.18. The van der Waals surface area contributed by atoms with Gasteiger partial charge in [-0.25, -0.2) is 0 Å². The maximum Gasteiger partial charge on any atom is 0.248 e. The highest BCUT2D eigenvalue weighted by molar-refractivity contribution is 6.30. The third kappa shape index (κ3) is 3.24. The van der Waals surface area contributed by atoms with Crippen LogP contribution < -0.4 is 10.5 Å². The van der Waals surface area contributed by atoms with Crippen LogP contribution in [-0.4, -0.2) is 32.9 Å². The van der Waals surface area contributed by atoms with Crippen LogP contribution in [0.5, 0.6) is 5.75 Å². The first kappa shape index (κ1) is 16.5. The van der Waals surface area contributed by atoms with Gasteiger partial charge in [-0.15, -0.1) is 10.2 Å². The van der Waals surface area contributed by atoms with Gasteiger partial charge in [-0.2, -0.15) is 4.80 Å². The smallest absolute Gasteiger partial charge is 0.248 e. The second kappa shape index (κ2) is 6.74. The maximum atomic E-state index is 11.1. The quantitative estimate of drug-likeness (QED) is 0.752. The Balaban J connectivity index is 1.59. The molecule has 0 aliphatic carbocycles. The van der Waals surface area contributed by atoms with Crippen molar-refractivity contribution in [2.75, 3.05) is 6.79 Å². The van der Waals surface area contributed by atoms with E-state index in [0.717, 1.165) is 22.4 Å². The fourth-order valence-electron chi connectivity index (χ4n) is 2.74. The van der Waals surface area contributed by atoms with Crippen LogP contribution in [0.2, 0.25) is 5.02 Å². The highest BCUT2D eigenvalue weighted by Gasteiger charge is 2.18. The van der Waals surface area contributed by atoms with E-state index in [4.69, 9.17) is 26.8 Å². The van der Waals surface area contributed by atoms with Gasteiger partial charge in [-0.05, 0) is 29.5 Å². The van der Waals surface area contributed by atoms with Gasteiger partial charge in [0.25, 0.3) is 0 Å². The maximum absolute atomic E-state index is 11.1. The predicted molar refractivity (Wildman–Crippen MR) is 92.6 cm³/mol. The first-order chi connectivity index (χ1) is 12.6. The van der Waals surface area contributed by atoms with Crippen molar-refractivity contribution in [1.29, 1.82) is 0 Å². The molecule has 0 spiro atoms. The van der Waals surface area contributed by atoms with Gasteiger partial charge in [0.05, 0.1) is 13.2 Å². The summed E-state index contributed by atoms with van der Waals surface area (Å²) in [6, 6.07) is 10.3. The number of nitrogens with two attached hydrogens (primary N) is 1. The van der Waals surface area contributed by atoms with E-state index in [1.807, 2.05) is 12.1 Å². The number of tetrazole rings is 1. The molecule has 2 heterocycles. The number of fused-ring (bicyclic) bond motifs is 1. The third-order valence-corrected chi connectivity index (χ3v) is 4.16. The molecule has 1 amide bonds. The minimum absolute atomic E-state index is 0.198. The van der Waals surface area contributed by atoms with E-state index in [-0.39, 0.29) is 6.79 Å².